The molecule has 1 atom stereocenters. The molecule has 0 spiro atoms. The fraction of sp³-hybridized carbons (Fsp3) is 0.300. The van der Waals surface area contributed by atoms with Crippen molar-refractivity contribution >= 4 is 17.7 Å². The van der Waals surface area contributed by atoms with Crippen LogP contribution in [-0.2, 0) is 4.79 Å². The highest BCUT2D eigenvalue weighted by Gasteiger charge is 2.33. The van der Waals surface area contributed by atoms with E-state index in [1.165, 1.54) is 0 Å². The molecular weight excluding hydrogens is 358 g/mol. The first-order valence-corrected chi connectivity index (χ1v) is 10.00. The van der Waals surface area contributed by atoms with Crippen molar-refractivity contribution in [1.82, 2.24) is 24.4 Å². The van der Waals surface area contributed by atoms with Gasteiger partial charge in [0.15, 0.2) is 5.16 Å². The van der Waals surface area contributed by atoms with Gasteiger partial charge in [-0.25, -0.2) is 15.0 Å². The van der Waals surface area contributed by atoms with Crippen LogP contribution >= 0.6 is 11.8 Å². The van der Waals surface area contributed by atoms with E-state index in [-0.39, 0.29) is 11.9 Å². The van der Waals surface area contributed by atoms with E-state index < -0.39 is 0 Å². The van der Waals surface area contributed by atoms with Gasteiger partial charge in [-0.1, -0.05) is 49.0 Å². The van der Waals surface area contributed by atoms with Gasteiger partial charge in [0.1, 0.15) is 6.04 Å². The molecular formula is C20H21N5OS. The second kappa shape index (κ2) is 7.52. The summed E-state index contributed by atoms with van der Waals surface area (Å²) in [4.78, 5) is 28.0. The molecule has 27 heavy (non-hydrogen) atoms. The summed E-state index contributed by atoms with van der Waals surface area (Å²) >= 11 is 1.61. The lowest BCUT2D eigenvalue weighted by molar-refractivity contribution is -0.129. The lowest BCUT2D eigenvalue weighted by Crippen LogP contribution is -2.24. The molecule has 6 nitrogen and oxygen atoms in total. The number of aromatic nitrogens is 4. The average Bonchev–Trinajstić information content (AvgIpc) is 3.27. The van der Waals surface area contributed by atoms with Gasteiger partial charge < -0.3 is 9.47 Å². The Morgan fingerprint density at radius 1 is 1.11 bits per heavy atom. The van der Waals surface area contributed by atoms with Gasteiger partial charge in [-0.05, 0) is 12.2 Å². The molecule has 0 radical (unpaired) electrons. The Labute approximate surface area is 162 Å². The van der Waals surface area contributed by atoms with Crippen LogP contribution in [0.25, 0.3) is 22.5 Å². The van der Waals surface area contributed by atoms with Gasteiger partial charge in [0.05, 0.1) is 17.7 Å². The standard InChI is InChI=1S/C20H21N5OS/c1-3-27-20-21-11-15(12-22-20)18-17(14-7-5-4-6-8-14)23-13-25(18)16-9-10-24(2)19(16)26/h4-8,11-13,16H,3,9-10H2,1-2H3/t16-/m1/s1. The highest BCUT2D eigenvalue weighted by molar-refractivity contribution is 7.99. The topological polar surface area (TPSA) is 63.9 Å². The maximum absolute atomic E-state index is 12.6. The molecule has 1 amide bonds. The van der Waals surface area contributed by atoms with Crippen molar-refractivity contribution in [2.24, 2.45) is 0 Å². The monoisotopic (exact) mass is 379 g/mol. The van der Waals surface area contributed by atoms with Gasteiger partial charge in [0.25, 0.3) is 0 Å². The second-order valence-electron chi connectivity index (χ2n) is 6.47. The smallest absolute Gasteiger partial charge is 0.245 e. The number of hydrogen-bond donors (Lipinski definition) is 0. The molecule has 4 rings (SSSR count). The zero-order chi connectivity index (χ0) is 18.8. The van der Waals surface area contributed by atoms with E-state index >= 15 is 0 Å². The van der Waals surface area contributed by atoms with Crippen molar-refractivity contribution < 1.29 is 4.79 Å². The molecule has 138 valence electrons. The van der Waals surface area contributed by atoms with E-state index in [0.29, 0.717) is 0 Å². The number of carbonyl (C=O) groups excluding carboxylic acids is 1. The molecule has 0 aliphatic carbocycles. The second-order valence-corrected chi connectivity index (χ2v) is 7.70. The quantitative estimate of drug-likeness (QED) is 0.501. The largest absolute Gasteiger partial charge is 0.344 e. The molecule has 3 heterocycles. The maximum atomic E-state index is 12.6. The summed E-state index contributed by atoms with van der Waals surface area (Å²) in [6.45, 7) is 2.83. The molecule has 0 saturated carbocycles. The molecule has 1 aliphatic heterocycles. The van der Waals surface area contributed by atoms with Crippen LogP contribution in [-0.4, -0.2) is 49.7 Å². The van der Waals surface area contributed by atoms with Crippen molar-refractivity contribution in [1.29, 1.82) is 0 Å². The normalized spacial score (nSPS) is 16.9. The van der Waals surface area contributed by atoms with Crippen LogP contribution in [0.2, 0.25) is 0 Å². The van der Waals surface area contributed by atoms with Crippen LogP contribution in [0.5, 0.6) is 0 Å². The van der Waals surface area contributed by atoms with Crippen LogP contribution in [0.1, 0.15) is 19.4 Å². The summed E-state index contributed by atoms with van der Waals surface area (Å²) in [5, 5.41) is 0.755. The molecule has 7 heteroatoms. The Hall–Kier alpha value is -2.67. The number of rotatable bonds is 5. The molecule has 1 aromatic carbocycles. The zero-order valence-corrected chi connectivity index (χ0v) is 16.2. The number of thioether (sulfide) groups is 1. The number of imidazole rings is 1. The number of likely N-dealkylation sites (N-methyl/N-ethyl adjacent to an activating group) is 1. The third kappa shape index (κ3) is 3.35. The summed E-state index contributed by atoms with van der Waals surface area (Å²) in [5.41, 5.74) is 3.62. The van der Waals surface area contributed by atoms with E-state index in [1.807, 2.05) is 54.3 Å². The molecule has 1 aliphatic rings. The predicted octanol–water partition coefficient (Wildman–Crippen LogP) is 3.52. The highest BCUT2D eigenvalue weighted by Crippen LogP contribution is 2.35. The lowest BCUT2D eigenvalue weighted by Gasteiger charge is -2.16. The maximum Gasteiger partial charge on any atom is 0.245 e. The fourth-order valence-corrected chi connectivity index (χ4v) is 3.91. The van der Waals surface area contributed by atoms with E-state index in [0.717, 1.165) is 46.4 Å². The minimum atomic E-state index is -0.236. The minimum Gasteiger partial charge on any atom is -0.344 e. The first-order chi connectivity index (χ1) is 13.2. The molecule has 2 aromatic heterocycles. The van der Waals surface area contributed by atoms with Gasteiger partial charge in [0.2, 0.25) is 5.91 Å². The number of hydrogen-bond acceptors (Lipinski definition) is 5. The van der Waals surface area contributed by atoms with Crippen molar-refractivity contribution in [3.8, 4) is 22.5 Å². The van der Waals surface area contributed by atoms with E-state index in [4.69, 9.17) is 0 Å². The minimum absolute atomic E-state index is 0.118. The van der Waals surface area contributed by atoms with Crippen molar-refractivity contribution in [2.45, 2.75) is 24.5 Å². The van der Waals surface area contributed by atoms with E-state index in [2.05, 4.69) is 21.9 Å². The molecule has 1 saturated heterocycles. The molecule has 1 fully saturated rings. The van der Waals surface area contributed by atoms with Crippen molar-refractivity contribution in [3.63, 3.8) is 0 Å². The molecule has 0 N–H and O–H groups in total. The first-order valence-electron chi connectivity index (χ1n) is 9.01. The third-order valence-electron chi connectivity index (χ3n) is 4.75. The van der Waals surface area contributed by atoms with Gasteiger partial charge in [0, 0.05) is 37.1 Å². The van der Waals surface area contributed by atoms with Crippen LogP contribution in [0, 0.1) is 0 Å². The lowest BCUT2D eigenvalue weighted by atomic mass is 10.1. The van der Waals surface area contributed by atoms with Crippen LogP contribution in [0.3, 0.4) is 0 Å². The predicted molar refractivity (Wildman–Crippen MR) is 106 cm³/mol. The number of benzene rings is 1. The summed E-state index contributed by atoms with van der Waals surface area (Å²) in [7, 11) is 1.84. The van der Waals surface area contributed by atoms with Crippen LogP contribution in [0.15, 0.2) is 54.2 Å². The Bertz CT molecular complexity index is 939. The summed E-state index contributed by atoms with van der Waals surface area (Å²) in [5.74, 6) is 1.04. The van der Waals surface area contributed by atoms with Gasteiger partial charge in [-0.3, -0.25) is 4.79 Å². The van der Waals surface area contributed by atoms with E-state index in [1.54, 1.807) is 23.0 Å². The Morgan fingerprint density at radius 2 is 1.85 bits per heavy atom. The number of likely N-dealkylation sites (tertiary alicyclic amines) is 1. The van der Waals surface area contributed by atoms with Gasteiger partial charge >= 0.3 is 0 Å². The average molecular weight is 379 g/mol. The number of nitrogens with zero attached hydrogens (tertiary/aromatic N) is 5. The Kier molecular flexibility index (Phi) is 4.94. The van der Waals surface area contributed by atoms with Crippen molar-refractivity contribution in [3.05, 3.63) is 49.1 Å². The number of carbonyl (C=O) groups is 1. The highest BCUT2D eigenvalue weighted by atomic mass is 32.2. The summed E-state index contributed by atoms with van der Waals surface area (Å²) in [6, 6.07) is 9.78. The zero-order valence-electron chi connectivity index (χ0n) is 15.4. The van der Waals surface area contributed by atoms with Gasteiger partial charge in [-0.15, -0.1) is 0 Å². The third-order valence-corrected chi connectivity index (χ3v) is 5.51. The molecule has 0 bridgehead atoms. The number of amides is 1. The molecule has 3 aromatic rings. The van der Waals surface area contributed by atoms with Crippen LogP contribution in [0.4, 0.5) is 0 Å². The van der Waals surface area contributed by atoms with Crippen molar-refractivity contribution in [2.75, 3.05) is 19.3 Å². The summed E-state index contributed by atoms with van der Waals surface area (Å²) in [6.07, 6.45) is 6.20. The Balaban J connectivity index is 1.83. The Morgan fingerprint density at radius 3 is 2.48 bits per heavy atom. The van der Waals surface area contributed by atoms with E-state index in [9.17, 15) is 4.79 Å². The summed E-state index contributed by atoms with van der Waals surface area (Å²) < 4.78 is 1.99. The first kappa shape index (κ1) is 17.7. The molecule has 0 unspecified atom stereocenters. The van der Waals surface area contributed by atoms with Crippen LogP contribution < -0.4 is 0 Å². The SMILES string of the molecule is CCSc1ncc(-c2c(-c3ccccc3)ncn2[C@@H]2CCN(C)C2=O)cn1. The fourth-order valence-electron chi connectivity index (χ4n) is 3.39. The van der Waals surface area contributed by atoms with Gasteiger partial charge in [-0.2, -0.15) is 0 Å².